The second-order valence-electron chi connectivity index (χ2n) is 5.22. The van der Waals surface area contributed by atoms with E-state index >= 15 is 0 Å². The first-order chi connectivity index (χ1) is 7.20. The van der Waals surface area contributed by atoms with Crippen LogP contribution in [0, 0.1) is 0 Å². The molecule has 0 radical (unpaired) electrons. The lowest BCUT2D eigenvalue weighted by Crippen LogP contribution is -2.43. The summed E-state index contributed by atoms with van der Waals surface area (Å²) in [5.41, 5.74) is -0.576. The van der Waals surface area contributed by atoms with Crippen LogP contribution in [0.3, 0.4) is 0 Å². The highest BCUT2D eigenvalue weighted by Crippen LogP contribution is 2.24. The molecule has 0 bridgehead atoms. The van der Waals surface area contributed by atoms with Crippen LogP contribution in [0.5, 0.6) is 0 Å². The maximum absolute atomic E-state index is 13.0. The average molecular weight is 235 g/mol. The van der Waals surface area contributed by atoms with Crippen molar-refractivity contribution in [3.05, 3.63) is 0 Å². The van der Waals surface area contributed by atoms with Crippen LogP contribution in [0.25, 0.3) is 0 Å². The van der Waals surface area contributed by atoms with Gasteiger partial charge in [-0.3, -0.25) is 10.1 Å². The molecule has 1 atom stereocenters. The first kappa shape index (κ1) is 13.4. The maximum atomic E-state index is 13.0. The van der Waals surface area contributed by atoms with Crippen LogP contribution < -0.4 is 5.32 Å². The van der Waals surface area contributed by atoms with Crippen molar-refractivity contribution in [2.24, 2.45) is 0 Å². The molecule has 1 fully saturated rings. The van der Waals surface area contributed by atoms with Crippen LogP contribution >= 0.6 is 0 Å². The van der Waals surface area contributed by atoms with Gasteiger partial charge in [0.2, 0.25) is 0 Å². The number of carbonyl (C=O) groups is 1. The molecule has 1 rings (SSSR count). The lowest BCUT2D eigenvalue weighted by Gasteiger charge is -2.23. The Morgan fingerprint density at radius 2 is 2.06 bits per heavy atom. The molecule has 0 spiro atoms. The Hall–Kier alpha value is -0.710. The Morgan fingerprint density at radius 3 is 2.62 bits per heavy atom. The minimum atomic E-state index is -2.71. The fourth-order valence-electron chi connectivity index (χ4n) is 1.60. The van der Waals surface area contributed by atoms with Gasteiger partial charge in [-0.05, 0) is 33.6 Å². The van der Waals surface area contributed by atoms with Gasteiger partial charge < -0.3 is 4.74 Å². The summed E-state index contributed by atoms with van der Waals surface area (Å²) in [7, 11) is 0. The van der Waals surface area contributed by atoms with E-state index in [0.29, 0.717) is 12.8 Å². The van der Waals surface area contributed by atoms with Crippen LogP contribution in [-0.4, -0.2) is 30.1 Å². The summed E-state index contributed by atoms with van der Waals surface area (Å²) in [6.07, 6.45) is 0.577. The molecule has 94 valence electrons. The molecule has 1 unspecified atom stereocenters. The molecule has 0 aromatic carbocycles. The standard InChI is InChI=1S/C11H19F2NO2/c1-10(2,3)16-9(15)8-5-4-6-11(12,13)7-14-8/h8,14H,4-7H2,1-3H3. The summed E-state index contributed by atoms with van der Waals surface area (Å²) in [6, 6.07) is -0.604. The Morgan fingerprint density at radius 1 is 1.44 bits per heavy atom. The number of ether oxygens (including phenoxy) is 1. The predicted molar refractivity (Wildman–Crippen MR) is 56.4 cm³/mol. The molecule has 0 aliphatic carbocycles. The number of esters is 1. The van der Waals surface area contributed by atoms with Crippen LogP contribution in [-0.2, 0) is 9.53 Å². The third-order valence-electron chi connectivity index (χ3n) is 2.33. The Bertz CT molecular complexity index is 261. The van der Waals surface area contributed by atoms with Crippen LogP contribution in [0.2, 0.25) is 0 Å². The number of alkyl halides is 2. The first-order valence-corrected chi connectivity index (χ1v) is 5.54. The molecule has 3 nitrogen and oxygen atoms in total. The van der Waals surface area contributed by atoms with Gasteiger partial charge in [0.15, 0.2) is 0 Å². The van der Waals surface area contributed by atoms with Crippen molar-refractivity contribution in [2.75, 3.05) is 6.54 Å². The molecule has 0 amide bonds. The normalized spacial score (nSPS) is 25.9. The molecule has 5 heteroatoms. The van der Waals surface area contributed by atoms with Gasteiger partial charge in [-0.25, -0.2) is 8.78 Å². The second kappa shape index (κ2) is 4.65. The lowest BCUT2D eigenvalue weighted by molar-refractivity contribution is -0.157. The molecule has 1 aliphatic heterocycles. The SMILES string of the molecule is CC(C)(C)OC(=O)C1CCCC(F)(F)CN1. The topological polar surface area (TPSA) is 38.3 Å². The fraction of sp³-hybridized carbons (Fsp3) is 0.909. The third kappa shape index (κ3) is 4.43. The van der Waals surface area contributed by atoms with E-state index in [1.165, 1.54) is 0 Å². The Balaban J connectivity index is 2.52. The zero-order chi connectivity index (χ0) is 12.4. The minimum absolute atomic E-state index is 0.167. The van der Waals surface area contributed by atoms with Gasteiger partial charge in [0.25, 0.3) is 5.92 Å². The smallest absolute Gasteiger partial charge is 0.323 e. The van der Waals surface area contributed by atoms with E-state index in [-0.39, 0.29) is 6.42 Å². The summed E-state index contributed by atoms with van der Waals surface area (Å²) in [4.78, 5) is 11.6. The Kier molecular flexibility index (Phi) is 3.88. The van der Waals surface area contributed by atoms with E-state index in [2.05, 4.69) is 5.32 Å². The summed E-state index contributed by atoms with van der Waals surface area (Å²) in [6.45, 7) is 4.83. The molecule has 0 saturated carbocycles. The number of nitrogens with one attached hydrogen (secondary N) is 1. The van der Waals surface area contributed by atoms with Crippen LogP contribution in [0.4, 0.5) is 8.78 Å². The zero-order valence-corrected chi connectivity index (χ0v) is 9.98. The molecule has 0 aromatic rings. The van der Waals surface area contributed by atoms with Gasteiger partial charge in [0.05, 0.1) is 6.54 Å². The molecule has 1 aliphatic rings. The van der Waals surface area contributed by atoms with Crippen molar-refractivity contribution in [3.63, 3.8) is 0 Å². The van der Waals surface area contributed by atoms with E-state index < -0.39 is 30.1 Å². The maximum Gasteiger partial charge on any atom is 0.323 e. The van der Waals surface area contributed by atoms with Gasteiger partial charge in [0, 0.05) is 6.42 Å². The second-order valence-corrected chi connectivity index (χ2v) is 5.22. The summed E-state index contributed by atoms with van der Waals surface area (Å²) >= 11 is 0. The highest BCUT2D eigenvalue weighted by Gasteiger charge is 2.35. The molecule has 1 saturated heterocycles. The van der Waals surface area contributed by atoms with Crippen molar-refractivity contribution in [1.82, 2.24) is 5.32 Å². The van der Waals surface area contributed by atoms with E-state index in [4.69, 9.17) is 4.74 Å². The van der Waals surface area contributed by atoms with Crippen molar-refractivity contribution in [2.45, 2.75) is 57.6 Å². The number of rotatable bonds is 1. The molecular weight excluding hydrogens is 216 g/mol. The molecule has 16 heavy (non-hydrogen) atoms. The molecule has 0 aromatic heterocycles. The summed E-state index contributed by atoms with van der Waals surface area (Å²) < 4.78 is 31.2. The van der Waals surface area contributed by atoms with E-state index in [1.807, 2.05) is 0 Å². The largest absolute Gasteiger partial charge is 0.459 e. The lowest BCUT2D eigenvalue weighted by atomic mass is 10.1. The monoisotopic (exact) mass is 235 g/mol. The summed E-state index contributed by atoms with van der Waals surface area (Å²) in [5.74, 6) is -3.15. The quantitative estimate of drug-likeness (QED) is 0.707. The third-order valence-corrected chi connectivity index (χ3v) is 2.33. The number of hydrogen-bond donors (Lipinski definition) is 1. The van der Waals surface area contributed by atoms with E-state index in [9.17, 15) is 13.6 Å². The van der Waals surface area contributed by atoms with Gasteiger partial charge in [-0.2, -0.15) is 0 Å². The van der Waals surface area contributed by atoms with Crippen molar-refractivity contribution >= 4 is 5.97 Å². The van der Waals surface area contributed by atoms with E-state index in [0.717, 1.165) is 0 Å². The van der Waals surface area contributed by atoms with Crippen LogP contribution in [0.1, 0.15) is 40.0 Å². The molecule has 1 N–H and O–H groups in total. The average Bonchev–Trinajstić information content (AvgIpc) is 2.23. The Labute approximate surface area is 94.5 Å². The highest BCUT2D eigenvalue weighted by atomic mass is 19.3. The van der Waals surface area contributed by atoms with Gasteiger partial charge in [-0.1, -0.05) is 0 Å². The molecule has 1 heterocycles. The van der Waals surface area contributed by atoms with Crippen molar-refractivity contribution < 1.29 is 18.3 Å². The fourth-order valence-corrected chi connectivity index (χ4v) is 1.60. The van der Waals surface area contributed by atoms with Gasteiger partial charge >= 0.3 is 5.97 Å². The van der Waals surface area contributed by atoms with Gasteiger partial charge in [-0.15, -0.1) is 0 Å². The number of halogens is 2. The van der Waals surface area contributed by atoms with E-state index in [1.54, 1.807) is 20.8 Å². The van der Waals surface area contributed by atoms with Crippen molar-refractivity contribution in [1.29, 1.82) is 0 Å². The van der Waals surface area contributed by atoms with Crippen LogP contribution in [0.15, 0.2) is 0 Å². The highest BCUT2D eigenvalue weighted by molar-refractivity contribution is 5.76. The van der Waals surface area contributed by atoms with Crippen molar-refractivity contribution in [3.8, 4) is 0 Å². The predicted octanol–water partition coefficient (Wildman–Crippen LogP) is 2.11. The first-order valence-electron chi connectivity index (χ1n) is 5.54. The number of hydrogen-bond acceptors (Lipinski definition) is 3. The molecular formula is C11H19F2NO2. The summed E-state index contributed by atoms with van der Waals surface area (Å²) in [5, 5.41) is 2.57. The van der Waals surface area contributed by atoms with Gasteiger partial charge in [0.1, 0.15) is 11.6 Å². The minimum Gasteiger partial charge on any atom is -0.459 e. The zero-order valence-electron chi connectivity index (χ0n) is 9.98. The number of carbonyl (C=O) groups excluding carboxylic acids is 1.